The van der Waals surface area contributed by atoms with Crippen LogP contribution < -0.4 is 10.1 Å². The van der Waals surface area contributed by atoms with Crippen molar-refractivity contribution in [1.82, 2.24) is 10.2 Å². The lowest BCUT2D eigenvalue weighted by Gasteiger charge is -2.38. The molecule has 2 atom stereocenters. The van der Waals surface area contributed by atoms with E-state index in [-0.39, 0.29) is 18.1 Å². The van der Waals surface area contributed by atoms with Crippen LogP contribution in [0.4, 0.5) is 0 Å². The van der Waals surface area contributed by atoms with Crippen molar-refractivity contribution >= 4 is 5.91 Å². The summed E-state index contributed by atoms with van der Waals surface area (Å²) < 4.78 is 5.27. The van der Waals surface area contributed by atoms with E-state index in [4.69, 9.17) is 4.74 Å². The van der Waals surface area contributed by atoms with Gasteiger partial charge in [0.1, 0.15) is 11.9 Å². The molecule has 1 aliphatic carbocycles. The minimum atomic E-state index is -0.100. The molecule has 19 heavy (non-hydrogen) atoms. The molecule has 1 N–H and O–H groups in total. The predicted molar refractivity (Wildman–Crippen MR) is 72.8 cm³/mol. The molecule has 1 amide bonds. The van der Waals surface area contributed by atoms with E-state index in [2.05, 4.69) is 11.4 Å². The third-order valence-corrected chi connectivity index (χ3v) is 4.19. The fraction of sp³-hybridized carbons (Fsp3) is 0.533. The molecule has 2 fully saturated rings. The van der Waals surface area contributed by atoms with Crippen LogP contribution in [0, 0.1) is 0 Å². The molecule has 1 heterocycles. The van der Waals surface area contributed by atoms with Crippen molar-refractivity contribution in [3.63, 3.8) is 0 Å². The highest BCUT2D eigenvalue weighted by atomic mass is 16.5. The lowest BCUT2D eigenvalue weighted by molar-refractivity contribution is -0.133. The quantitative estimate of drug-likeness (QED) is 0.904. The maximum Gasteiger partial charge on any atom is 0.241 e. The van der Waals surface area contributed by atoms with Crippen LogP contribution in [-0.4, -0.2) is 30.0 Å². The maximum absolute atomic E-state index is 12.3. The summed E-state index contributed by atoms with van der Waals surface area (Å²) in [5.41, 5.74) is 1.10. The van der Waals surface area contributed by atoms with Gasteiger partial charge in [-0.05, 0) is 43.9 Å². The first-order valence-corrected chi connectivity index (χ1v) is 6.93. The van der Waals surface area contributed by atoms with Gasteiger partial charge in [-0.2, -0.15) is 0 Å². The van der Waals surface area contributed by atoms with Crippen LogP contribution in [0.1, 0.15) is 37.9 Å². The predicted octanol–water partition coefficient (Wildman–Crippen LogP) is 2.07. The van der Waals surface area contributed by atoms with Gasteiger partial charge in [0, 0.05) is 6.04 Å². The molecule has 0 spiro atoms. The van der Waals surface area contributed by atoms with Crippen LogP contribution in [0.25, 0.3) is 0 Å². The molecule has 0 radical (unpaired) electrons. The van der Waals surface area contributed by atoms with Gasteiger partial charge in [-0.15, -0.1) is 0 Å². The number of nitrogens with zero attached hydrogens (tertiary/aromatic N) is 1. The first kappa shape index (κ1) is 12.5. The Labute approximate surface area is 113 Å². The van der Waals surface area contributed by atoms with Gasteiger partial charge in [0.15, 0.2) is 0 Å². The van der Waals surface area contributed by atoms with Gasteiger partial charge >= 0.3 is 0 Å². The van der Waals surface area contributed by atoms with Crippen LogP contribution in [-0.2, 0) is 4.79 Å². The number of ether oxygens (including phenoxy) is 1. The first-order chi connectivity index (χ1) is 9.20. The third-order valence-electron chi connectivity index (χ3n) is 4.19. The highest BCUT2D eigenvalue weighted by Crippen LogP contribution is 2.35. The number of hydrogen-bond donors (Lipinski definition) is 1. The molecule has 1 saturated carbocycles. The standard InChI is InChI=1S/C15H20N2O2/c1-10-15(18)17(12-6-4-7-12)14(16-10)11-5-3-8-13(9-11)19-2/h3,5,8-10,12,14,16H,4,6-7H2,1-2H3. The molecular weight excluding hydrogens is 240 g/mol. The lowest BCUT2D eigenvalue weighted by Crippen LogP contribution is -2.43. The van der Waals surface area contributed by atoms with E-state index in [1.165, 1.54) is 6.42 Å². The number of nitrogens with one attached hydrogen (secondary N) is 1. The Hall–Kier alpha value is -1.55. The van der Waals surface area contributed by atoms with E-state index in [0.29, 0.717) is 6.04 Å². The van der Waals surface area contributed by atoms with Gasteiger partial charge in [0.25, 0.3) is 0 Å². The lowest BCUT2D eigenvalue weighted by atomic mass is 9.90. The van der Waals surface area contributed by atoms with E-state index < -0.39 is 0 Å². The molecule has 3 rings (SSSR count). The summed E-state index contributed by atoms with van der Waals surface area (Å²) in [6.45, 7) is 1.94. The number of methoxy groups -OCH3 is 1. The van der Waals surface area contributed by atoms with Crippen LogP contribution in [0.15, 0.2) is 24.3 Å². The second kappa shape index (κ2) is 4.85. The Morgan fingerprint density at radius 1 is 1.37 bits per heavy atom. The molecule has 1 aromatic carbocycles. The number of hydrogen-bond acceptors (Lipinski definition) is 3. The average molecular weight is 260 g/mol. The van der Waals surface area contributed by atoms with Gasteiger partial charge < -0.3 is 9.64 Å². The largest absolute Gasteiger partial charge is 0.497 e. The third kappa shape index (κ3) is 2.10. The average Bonchev–Trinajstić information content (AvgIpc) is 2.66. The molecule has 102 valence electrons. The zero-order chi connectivity index (χ0) is 13.4. The van der Waals surface area contributed by atoms with E-state index >= 15 is 0 Å². The monoisotopic (exact) mass is 260 g/mol. The van der Waals surface area contributed by atoms with Gasteiger partial charge in [-0.1, -0.05) is 12.1 Å². The van der Waals surface area contributed by atoms with Crippen molar-refractivity contribution in [2.45, 2.75) is 44.4 Å². The number of carbonyl (C=O) groups excluding carboxylic acids is 1. The molecule has 0 bridgehead atoms. The highest BCUT2D eigenvalue weighted by Gasteiger charge is 2.42. The molecule has 1 aromatic rings. The zero-order valence-corrected chi connectivity index (χ0v) is 11.4. The van der Waals surface area contributed by atoms with Crippen LogP contribution >= 0.6 is 0 Å². The summed E-state index contributed by atoms with van der Waals surface area (Å²) in [4.78, 5) is 14.3. The van der Waals surface area contributed by atoms with Crippen molar-refractivity contribution in [2.75, 3.05) is 7.11 Å². The Morgan fingerprint density at radius 2 is 2.16 bits per heavy atom. The summed E-state index contributed by atoms with van der Waals surface area (Å²) in [6.07, 6.45) is 3.47. The highest BCUT2D eigenvalue weighted by molar-refractivity contribution is 5.84. The van der Waals surface area contributed by atoms with E-state index in [9.17, 15) is 4.79 Å². The van der Waals surface area contributed by atoms with Crippen molar-refractivity contribution in [3.05, 3.63) is 29.8 Å². The fourth-order valence-corrected chi connectivity index (χ4v) is 2.86. The second-order valence-electron chi connectivity index (χ2n) is 5.40. The molecular formula is C15H20N2O2. The maximum atomic E-state index is 12.3. The van der Waals surface area contributed by atoms with Crippen molar-refractivity contribution in [1.29, 1.82) is 0 Å². The number of amides is 1. The van der Waals surface area contributed by atoms with Crippen LogP contribution in [0.2, 0.25) is 0 Å². The Morgan fingerprint density at radius 3 is 2.79 bits per heavy atom. The fourth-order valence-electron chi connectivity index (χ4n) is 2.86. The minimum absolute atomic E-state index is 0.0112. The summed E-state index contributed by atoms with van der Waals surface area (Å²) in [5.74, 6) is 1.05. The molecule has 1 aliphatic heterocycles. The van der Waals surface area contributed by atoms with Crippen molar-refractivity contribution in [3.8, 4) is 5.75 Å². The summed E-state index contributed by atoms with van der Waals surface area (Å²) in [5, 5.41) is 3.39. The Bertz CT molecular complexity index is 485. The van der Waals surface area contributed by atoms with Gasteiger partial charge in [0.2, 0.25) is 5.91 Å². The van der Waals surface area contributed by atoms with Crippen LogP contribution in [0.5, 0.6) is 5.75 Å². The number of carbonyl (C=O) groups is 1. The van der Waals surface area contributed by atoms with Gasteiger partial charge in [-0.25, -0.2) is 0 Å². The van der Waals surface area contributed by atoms with Gasteiger partial charge in [-0.3, -0.25) is 10.1 Å². The van der Waals surface area contributed by atoms with E-state index in [1.807, 2.05) is 30.0 Å². The van der Waals surface area contributed by atoms with Crippen molar-refractivity contribution < 1.29 is 9.53 Å². The number of benzene rings is 1. The zero-order valence-electron chi connectivity index (χ0n) is 11.4. The second-order valence-corrected chi connectivity index (χ2v) is 5.40. The normalized spacial score (nSPS) is 27.5. The molecule has 4 nitrogen and oxygen atoms in total. The molecule has 4 heteroatoms. The van der Waals surface area contributed by atoms with Crippen molar-refractivity contribution in [2.24, 2.45) is 0 Å². The van der Waals surface area contributed by atoms with Crippen LogP contribution in [0.3, 0.4) is 0 Å². The summed E-state index contributed by atoms with van der Waals surface area (Å²) in [7, 11) is 1.67. The van der Waals surface area contributed by atoms with E-state index in [1.54, 1.807) is 7.11 Å². The summed E-state index contributed by atoms with van der Waals surface area (Å²) >= 11 is 0. The molecule has 2 unspecified atom stereocenters. The Balaban J connectivity index is 1.90. The first-order valence-electron chi connectivity index (χ1n) is 6.93. The summed E-state index contributed by atoms with van der Waals surface area (Å²) in [6, 6.07) is 8.27. The van der Waals surface area contributed by atoms with E-state index in [0.717, 1.165) is 24.2 Å². The SMILES string of the molecule is COc1cccc(C2NC(C)C(=O)N2C2CCC2)c1. The van der Waals surface area contributed by atoms with Gasteiger partial charge in [0.05, 0.1) is 13.2 Å². The molecule has 2 aliphatic rings. The number of rotatable bonds is 3. The Kier molecular flexibility index (Phi) is 3.19. The molecule has 0 aromatic heterocycles. The minimum Gasteiger partial charge on any atom is -0.497 e. The molecule has 1 saturated heterocycles. The smallest absolute Gasteiger partial charge is 0.241 e. The topological polar surface area (TPSA) is 41.6 Å².